The lowest BCUT2D eigenvalue weighted by molar-refractivity contribution is -0.124. The van der Waals surface area contributed by atoms with E-state index in [0.717, 1.165) is 23.5 Å². The molecule has 0 aromatic heterocycles. The Bertz CT molecular complexity index is 862. The molecule has 0 N–H and O–H groups in total. The Kier molecular flexibility index (Phi) is 4.60. The van der Waals surface area contributed by atoms with E-state index < -0.39 is 0 Å². The molecule has 4 rings (SSSR count). The minimum Gasteiger partial charge on any atom is -0.494 e. The molecule has 0 radical (unpaired) electrons. The van der Waals surface area contributed by atoms with Gasteiger partial charge in [0, 0.05) is 30.4 Å². The van der Waals surface area contributed by atoms with Crippen molar-refractivity contribution in [3.05, 3.63) is 54.1 Å². The summed E-state index contributed by atoms with van der Waals surface area (Å²) in [7, 11) is 0. The van der Waals surface area contributed by atoms with Crippen LogP contribution in [-0.2, 0) is 16.0 Å². The fourth-order valence-electron chi connectivity index (χ4n) is 4.11. The number of nitrogens with zero attached hydrogens (tertiary/aromatic N) is 2. The molecule has 2 amide bonds. The number of carbonyl (C=O) groups excluding carboxylic acids is 2. The number of carbonyl (C=O) groups is 2. The molecule has 2 atom stereocenters. The van der Waals surface area contributed by atoms with E-state index >= 15 is 0 Å². The van der Waals surface area contributed by atoms with E-state index in [1.165, 1.54) is 5.56 Å². The molecule has 0 aliphatic carbocycles. The van der Waals surface area contributed by atoms with Crippen molar-refractivity contribution in [2.45, 2.75) is 32.7 Å². The van der Waals surface area contributed by atoms with Gasteiger partial charge in [-0.3, -0.25) is 9.59 Å². The van der Waals surface area contributed by atoms with E-state index in [2.05, 4.69) is 13.0 Å². The smallest absolute Gasteiger partial charge is 0.232 e. The molecule has 27 heavy (non-hydrogen) atoms. The maximum Gasteiger partial charge on any atom is 0.232 e. The highest BCUT2D eigenvalue weighted by molar-refractivity contribution is 6.05. The minimum absolute atomic E-state index is 0.00218. The number of fused-ring (bicyclic) bond motifs is 1. The van der Waals surface area contributed by atoms with Gasteiger partial charge in [0.1, 0.15) is 5.75 Å². The molecule has 2 aromatic rings. The average Bonchev–Trinajstić information content (AvgIpc) is 3.21. The molecule has 5 heteroatoms. The Labute approximate surface area is 159 Å². The minimum atomic E-state index is -0.308. The molecule has 0 saturated carbocycles. The van der Waals surface area contributed by atoms with E-state index in [9.17, 15) is 9.59 Å². The van der Waals surface area contributed by atoms with Crippen molar-refractivity contribution in [2.24, 2.45) is 5.92 Å². The maximum atomic E-state index is 13.2. The molecular weight excluding hydrogens is 340 g/mol. The number of hydrogen-bond donors (Lipinski definition) is 0. The summed E-state index contributed by atoms with van der Waals surface area (Å²) in [6.45, 7) is 5.04. The second kappa shape index (κ2) is 7.06. The molecule has 1 fully saturated rings. The van der Waals surface area contributed by atoms with Crippen LogP contribution in [-0.4, -0.2) is 31.0 Å². The molecule has 2 aliphatic rings. The highest BCUT2D eigenvalue weighted by Gasteiger charge is 2.40. The van der Waals surface area contributed by atoms with E-state index in [-0.39, 0.29) is 30.2 Å². The number of rotatable bonds is 4. The van der Waals surface area contributed by atoms with E-state index in [0.29, 0.717) is 13.2 Å². The fourth-order valence-corrected chi connectivity index (χ4v) is 4.11. The zero-order chi connectivity index (χ0) is 19.0. The van der Waals surface area contributed by atoms with Crippen LogP contribution in [0.1, 0.15) is 25.8 Å². The van der Waals surface area contributed by atoms with Crippen LogP contribution in [0.2, 0.25) is 0 Å². The van der Waals surface area contributed by atoms with Crippen LogP contribution < -0.4 is 14.5 Å². The van der Waals surface area contributed by atoms with Crippen molar-refractivity contribution in [3.8, 4) is 5.75 Å². The maximum absolute atomic E-state index is 13.2. The number of ether oxygens (including phenoxy) is 1. The molecule has 5 nitrogen and oxygen atoms in total. The van der Waals surface area contributed by atoms with Gasteiger partial charge in [-0.2, -0.15) is 0 Å². The zero-order valence-corrected chi connectivity index (χ0v) is 15.7. The lowest BCUT2D eigenvalue weighted by Crippen LogP contribution is -2.41. The summed E-state index contributed by atoms with van der Waals surface area (Å²) in [6.07, 6.45) is 1.13. The largest absolute Gasteiger partial charge is 0.494 e. The molecule has 1 saturated heterocycles. The quantitative estimate of drug-likeness (QED) is 0.835. The summed E-state index contributed by atoms with van der Waals surface area (Å²) in [4.78, 5) is 29.4. The third-order valence-electron chi connectivity index (χ3n) is 5.38. The first-order chi connectivity index (χ1) is 13.1. The van der Waals surface area contributed by atoms with Crippen LogP contribution >= 0.6 is 0 Å². The highest BCUT2D eigenvalue weighted by Crippen LogP contribution is 2.35. The van der Waals surface area contributed by atoms with Gasteiger partial charge in [-0.05, 0) is 56.2 Å². The second-order valence-electron chi connectivity index (χ2n) is 7.22. The highest BCUT2D eigenvalue weighted by atomic mass is 16.5. The van der Waals surface area contributed by atoms with Crippen LogP contribution in [0.4, 0.5) is 11.4 Å². The van der Waals surface area contributed by atoms with Crippen molar-refractivity contribution < 1.29 is 14.3 Å². The lowest BCUT2D eigenvalue weighted by Gasteiger charge is -2.26. The molecule has 0 bridgehead atoms. The molecule has 2 aromatic carbocycles. The van der Waals surface area contributed by atoms with Gasteiger partial charge < -0.3 is 14.5 Å². The van der Waals surface area contributed by atoms with E-state index in [1.54, 1.807) is 4.90 Å². The average molecular weight is 364 g/mol. The van der Waals surface area contributed by atoms with E-state index in [1.807, 2.05) is 54.3 Å². The Morgan fingerprint density at radius 3 is 2.59 bits per heavy atom. The summed E-state index contributed by atoms with van der Waals surface area (Å²) >= 11 is 0. The predicted octanol–water partition coefficient (Wildman–Crippen LogP) is 3.42. The number of amides is 2. The molecule has 2 unspecified atom stereocenters. The zero-order valence-electron chi connectivity index (χ0n) is 15.7. The summed E-state index contributed by atoms with van der Waals surface area (Å²) < 4.78 is 5.46. The third kappa shape index (κ3) is 3.18. The summed E-state index contributed by atoms with van der Waals surface area (Å²) in [5.74, 6) is 0.521. The second-order valence-corrected chi connectivity index (χ2v) is 7.22. The van der Waals surface area contributed by atoms with Gasteiger partial charge in [-0.15, -0.1) is 0 Å². The van der Waals surface area contributed by atoms with Gasteiger partial charge in [0.25, 0.3) is 0 Å². The third-order valence-corrected chi connectivity index (χ3v) is 5.38. The standard InChI is InChI=1S/C22H24N2O3/c1-3-27-19-10-8-18(9-11-19)23-14-17(13-21(23)25)22(26)24-15(2)12-16-6-4-5-7-20(16)24/h4-11,15,17H,3,12-14H2,1-2H3. The first kappa shape index (κ1) is 17.6. The summed E-state index contributed by atoms with van der Waals surface area (Å²) in [5, 5.41) is 0. The SMILES string of the molecule is CCOc1ccc(N2CC(C(=O)N3c4ccccc4CC3C)CC2=O)cc1. The summed E-state index contributed by atoms with van der Waals surface area (Å²) in [6, 6.07) is 15.6. The Morgan fingerprint density at radius 1 is 1.11 bits per heavy atom. The normalized spacial score (nSPS) is 21.5. The number of anilines is 2. The monoisotopic (exact) mass is 364 g/mol. The van der Waals surface area contributed by atoms with Gasteiger partial charge in [0.05, 0.1) is 12.5 Å². The molecule has 0 spiro atoms. The molecule has 2 heterocycles. The van der Waals surface area contributed by atoms with E-state index in [4.69, 9.17) is 4.74 Å². The lowest BCUT2D eigenvalue weighted by atomic mass is 10.1. The first-order valence-corrected chi connectivity index (χ1v) is 9.52. The Morgan fingerprint density at radius 2 is 1.85 bits per heavy atom. The van der Waals surface area contributed by atoms with Crippen molar-refractivity contribution in [1.82, 2.24) is 0 Å². The molecule has 140 valence electrons. The Balaban J connectivity index is 1.51. The van der Waals surface area contributed by atoms with Gasteiger partial charge in [0.2, 0.25) is 11.8 Å². The van der Waals surface area contributed by atoms with Crippen LogP contribution in [0.25, 0.3) is 0 Å². The van der Waals surface area contributed by atoms with Crippen molar-refractivity contribution in [3.63, 3.8) is 0 Å². The van der Waals surface area contributed by atoms with Gasteiger partial charge in [-0.1, -0.05) is 18.2 Å². The number of benzene rings is 2. The fraction of sp³-hybridized carbons (Fsp3) is 0.364. The van der Waals surface area contributed by atoms with Crippen molar-refractivity contribution >= 4 is 23.2 Å². The van der Waals surface area contributed by atoms with Crippen LogP contribution in [0.3, 0.4) is 0 Å². The topological polar surface area (TPSA) is 49.9 Å². The van der Waals surface area contributed by atoms with Crippen molar-refractivity contribution in [1.29, 1.82) is 0 Å². The molecule has 2 aliphatic heterocycles. The number of hydrogen-bond acceptors (Lipinski definition) is 3. The van der Waals surface area contributed by atoms with Crippen LogP contribution in [0.5, 0.6) is 5.75 Å². The van der Waals surface area contributed by atoms with Gasteiger partial charge >= 0.3 is 0 Å². The van der Waals surface area contributed by atoms with Crippen LogP contribution in [0.15, 0.2) is 48.5 Å². The first-order valence-electron chi connectivity index (χ1n) is 9.52. The van der Waals surface area contributed by atoms with Gasteiger partial charge in [-0.25, -0.2) is 0 Å². The summed E-state index contributed by atoms with van der Waals surface area (Å²) in [5.41, 5.74) is 3.00. The van der Waals surface area contributed by atoms with Gasteiger partial charge in [0.15, 0.2) is 0 Å². The van der Waals surface area contributed by atoms with Crippen molar-refractivity contribution in [2.75, 3.05) is 23.0 Å². The van der Waals surface area contributed by atoms with Crippen LogP contribution in [0, 0.1) is 5.92 Å². The number of para-hydroxylation sites is 1. The predicted molar refractivity (Wildman–Crippen MR) is 105 cm³/mol. The Hall–Kier alpha value is -2.82. The molecular formula is C22H24N2O3.